The molecule has 1 aromatic rings. The molecule has 7 nitrogen and oxygen atoms in total. The highest BCUT2D eigenvalue weighted by Crippen LogP contribution is 1.99. The SMILES string of the molecule is Cc1cc(C)n(C(=N)N[N+](=O)[O-])n1. The number of rotatable bonds is 1. The standard InChI is InChI=1S/C6H9N5O2/c1-4-3-5(2)10(8-4)6(7)9-11(12)13/h3H,1-2H3,(H2,7,9). The molecule has 70 valence electrons. The maximum atomic E-state index is 10.0. The molecule has 0 spiro atoms. The van der Waals surface area contributed by atoms with Crippen LogP contribution >= 0.6 is 0 Å². The van der Waals surface area contributed by atoms with Crippen molar-refractivity contribution in [3.63, 3.8) is 0 Å². The third kappa shape index (κ3) is 2.01. The van der Waals surface area contributed by atoms with Gasteiger partial charge in [-0.05, 0) is 19.9 Å². The van der Waals surface area contributed by atoms with Crippen molar-refractivity contribution < 1.29 is 5.03 Å². The smallest absolute Gasteiger partial charge is 0.263 e. The van der Waals surface area contributed by atoms with Gasteiger partial charge in [-0.3, -0.25) is 5.41 Å². The lowest BCUT2D eigenvalue weighted by Gasteiger charge is -2.01. The zero-order chi connectivity index (χ0) is 10.0. The van der Waals surface area contributed by atoms with Crippen molar-refractivity contribution in [2.45, 2.75) is 13.8 Å². The molecule has 0 amide bonds. The fourth-order valence-corrected chi connectivity index (χ4v) is 0.989. The molecule has 0 bridgehead atoms. The average molecular weight is 183 g/mol. The third-order valence-electron chi connectivity index (χ3n) is 1.42. The Balaban J connectivity index is 2.88. The van der Waals surface area contributed by atoms with Crippen LogP contribution in [0.25, 0.3) is 0 Å². The number of aryl methyl sites for hydroxylation is 2. The van der Waals surface area contributed by atoms with E-state index in [1.54, 1.807) is 25.3 Å². The Kier molecular flexibility index (Phi) is 2.27. The van der Waals surface area contributed by atoms with Gasteiger partial charge in [0, 0.05) is 5.69 Å². The molecule has 0 fully saturated rings. The maximum absolute atomic E-state index is 10.0. The molecule has 1 rings (SSSR count). The summed E-state index contributed by atoms with van der Waals surface area (Å²) >= 11 is 0. The molecule has 0 radical (unpaired) electrons. The fraction of sp³-hybridized carbons (Fsp3) is 0.333. The minimum Gasteiger partial charge on any atom is -0.263 e. The Hall–Kier alpha value is -1.92. The molecule has 0 aliphatic rings. The first-order valence-electron chi connectivity index (χ1n) is 3.54. The zero-order valence-electron chi connectivity index (χ0n) is 7.24. The van der Waals surface area contributed by atoms with Gasteiger partial charge in [0.1, 0.15) is 0 Å². The van der Waals surface area contributed by atoms with E-state index in [0.29, 0.717) is 11.4 Å². The van der Waals surface area contributed by atoms with E-state index in [1.165, 1.54) is 0 Å². The predicted molar refractivity (Wildman–Crippen MR) is 45.0 cm³/mol. The van der Waals surface area contributed by atoms with Gasteiger partial charge in [0.25, 0.3) is 5.96 Å². The van der Waals surface area contributed by atoms with Crippen LogP contribution in [0.5, 0.6) is 0 Å². The Bertz CT molecular complexity index is 356. The van der Waals surface area contributed by atoms with Gasteiger partial charge in [0.05, 0.1) is 5.69 Å². The molecular weight excluding hydrogens is 174 g/mol. The van der Waals surface area contributed by atoms with Crippen molar-refractivity contribution in [2.75, 3.05) is 0 Å². The summed E-state index contributed by atoms with van der Waals surface area (Å²) in [4.78, 5) is 10.0. The van der Waals surface area contributed by atoms with E-state index in [0.717, 1.165) is 4.68 Å². The fourth-order valence-electron chi connectivity index (χ4n) is 0.989. The number of hydrogen-bond acceptors (Lipinski definition) is 4. The van der Waals surface area contributed by atoms with E-state index in [4.69, 9.17) is 5.41 Å². The Morgan fingerprint density at radius 1 is 1.77 bits per heavy atom. The lowest BCUT2D eigenvalue weighted by molar-refractivity contribution is -0.525. The Labute approximate surface area is 74.0 Å². The van der Waals surface area contributed by atoms with Gasteiger partial charge in [0.2, 0.25) is 0 Å². The third-order valence-corrected chi connectivity index (χ3v) is 1.42. The zero-order valence-corrected chi connectivity index (χ0v) is 7.24. The van der Waals surface area contributed by atoms with E-state index in [-0.39, 0.29) is 5.96 Å². The molecule has 1 aromatic heterocycles. The van der Waals surface area contributed by atoms with Gasteiger partial charge >= 0.3 is 0 Å². The Morgan fingerprint density at radius 3 is 2.77 bits per heavy atom. The molecule has 1 heterocycles. The number of aromatic nitrogens is 2. The van der Waals surface area contributed by atoms with Gasteiger partial charge in [-0.1, -0.05) is 5.43 Å². The molecule has 0 atom stereocenters. The van der Waals surface area contributed by atoms with Gasteiger partial charge in [-0.15, -0.1) is 0 Å². The normalized spacial score (nSPS) is 9.69. The molecular formula is C6H9N5O2. The lowest BCUT2D eigenvalue weighted by atomic mass is 10.4. The molecule has 0 aliphatic heterocycles. The van der Waals surface area contributed by atoms with Crippen molar-refractivity contribution in [1.29, 1.82) is 5.41 Å². The highest BCUT2D eigenvalue weighted by atomic mass is 16.7. The summed E-state index contributed by atoms with van der Waals surface area (Å²) in [5.41, 5.74) is 3.11. The second-order valence-electron chi connectivity index (χ2n) is 2.56. The number of hydrogen-bond donors (Lipinski definition) is 2. The summed E-state index contributed by atoms with van der Waals surface area (Å²) in [5, 5.41) is 20.4. The van der Waals surface area contributed by atoms with Crippen LogP contribution in [0.1, 0.15) is 11.4 Å². The molecule has 0 unspecified atom stereocenters. The number of nitrogens with zero attached hydrogens (tertiary/aromatic N) is 3. The van der Waals surface area contributed by atoms with Crippen LogP contribution in [0.3, 0.4) is 0 Å². The molecule has 0 saturated heterocycles. The quantitative estimate of drug-likeness (QED) is 0.278. The van der Waals surface area contributed by atoms with E-state index in [9.17, 15) is 10.1 Å². The van der Waals surface area contributed by atoms with Gasteiger partial charge in [-0.2, -0.15) is 5.10 Å². The lowest BCUT2D eigenvalue weighted by Crippen LogP contribution is -2.35. The van der Waals surface area contributed by atoms with E-state index in [1.807, 2.05) is 0 Å². The highest BCUT2D eigenvalue weighted by molar-refractivity contribution is 5.77. The maximum Gasteiger partial charge on any atom is 0.279 e. The summed E-state index contributed by atoms with van der Waals surface area (Å²) in [7, 11) is 0. The number of hydrazine groups is 1. The van der Waals surface area contributed by atoms with Crippen LogP contribution in [0, 0.1) is 29.4 Å². The topological polar surface area (TPSA) is 96.8 Å². The highest BCUT2D eigenvalue weighted by Gasteiger charge is 2.09. The summed E-state index contributed by atoms with van der Waals surface area (Å²) in [5.74, 6) is -0.365. The van der Waals surface area contributed by atoms with E-state index < -0.39 is 5.03 Å². The molecule has 0 aromatic carbocycles. The van der Waals surface area contributed by atoms with Crippen molar-refractivity contribution in [3.05, 3.63) is 27.6 Å². The summed E-state index contributed by atoms with van der Waals surface area (Å²) < 4.78 is 1.16. The average Bonchev–Trinajstić information content (AvgIpc) is 2.28. The van der Waals surface area contributed by atoms with Crippen LogP contribution in [-0.2, 0) is 0 Å². The van der Waals surface area contributed by atoms with Crippen LogP contribution < -0.4 is 5.43 Å². The van der Waals surface area contributed by atoms with Crippen molar-refractivity contribution >= 4 is 5.96 Å². The minimum absolute atomic E-state index is 0.365. The van der Waals surface area contributed by atoms with E-state index >= 15 is 0 Å². The van der Waals surface area contributed by atoms with Crippen molar-refractivity contribution in [2.24, 2.45) is 0 Å². The molecule has 2 N–H and O–H groups in total. The van der Waals surface area contributed by atoms with Gasteiger partial charge < -0.3 is 0 Å². The summed E-state index contributed by atoms with van der Waals surface area (Å²) in [6.07, 6.45) is 0. The molecule has 0 aliphatic carbocycles. The van der Waals surface area contributed by atoms with Crippen molar-refractivity contribution in [1.82, 2.24) is 15.2 Å². The number of nitro groups is 1. The van der Waals surface area contributed by atoms with E-state index in [2.05, 4.69) is 5.10 Å². The first-order valence-corrected chi connectivity index (χ1v) is 3.54. The monoisotopic (exact) mass is 183 g/mol. The van der Waals surface area contributed by atoms with Crippen LogP contribution in [0.2, 0.25) is 0 Å². The van der Waals surface area contributed by atoms with Crippen molar-refractivity contribution in [3.8, 4) is 0 Å². The predicted octanol–water partition coefficient (Wildman–Crippen LogP) is 0.0641. The van der Waals surface area contributed by atoms with Crippen LogP contribution in [0.4, 0.5) is 0 Å². The second kappa shape index (κ2) is 3.21. The largest absolute Gasteiger partial charge is 0.279 e. The van der Waals surface area contributed by atoms with Gasteiger partial charge in [-0.25, -0.2) is 14.8 Å². The van der Waals surface area contributed by atoms with Crippen LogP contribution in [0.15, 0.2) is 6.07 Å². The molecule has 0 saturated carbocycles. The molecule has 7 heteroatoms. The second-order valence-corrected chi connectivity index (χ2v) is 2.56. The summed E-state index contributed by atoms with van der Waals surface area (Å²) in [6.45, 7) is 3.47. The first-order chi connectivity index (χ1) is 6.00. The minimum atomic E-state index is -0.793. The van der Waals surface area contributed by atoms with Gasteiger partial charge in [0.15, 0.2) is 5.03 Å². The summed E-state index contributed by atoms with van der Waals surface area (Å²) in [6, 6.07) is 1.73. The number of nitrogens with one attached hydrogen (secondary N) is 2. The van der Waals surface area contributed by atoms with Crippen LogP contribution in [-0.4, -0.2) is 20.8 Å². The first kappa shape index (κ1) is 9.17. The Morgan fingerprint density at radius 2 is 2.38 bits per heavy atom. The molecule has 13 heavy (non-hydrogen) atoms.